The molecule has 1 amide bonds. The van der Waals surface area contributed by atoms with Crippen LogP contribution in [0.5, 0.6) is 0 Å². The molecule has 2 aromatic carbocycles. The molecule has 0 saturated heterocycles. The topological polar surface area (TPSA) is 85.2 Å². The third-order valence-electron chi connectivity index (χ3n) is 4.27. The van der Waals surface area contributed by atoms with Crippen LogP contribution in [0, 0.1) is 0 Å². The first kappa shape index (κ1) is 18.7. The number of aryl methyl sites for hydroxylation is 1. The number of nitrogens with one attached hydrogen (secondary N) is 1. The van der Waals surface area contributed by atoms with E-state index in [1.807, 2.05) is 25.1 Å². The molecule has 0 aliphatic heterocycles. The molecule has 7 heteroatoms. The van der Waals surface area contributed by atoms with E-state index in [4.69, 9.17) is 21.9 Å². The Morgan fingerprint density at radius 1 is 1.23 bits per heavy atom. The van der Waals surface area contributed by atoms with E-state index < -0.39 is 13.3 Å². The van der Waals surface area contributed by atoms with Crippen LogP contribution in [0.25, 0.3) is 10.9 Å². The summed E-state index contributed by atoms with van der Waals surface area (Å²) in [5, 5.41) is 1.91. The van der Waals surface area contributed by atoms with Crippen molar-refractivity contribution in [3.63, 3.8) is 0 Å². The number of aromatic nitrogens is 1. The second-order valence-corrected chi connectivity index (χ2v) is 8.58. The third-order valence-corrected chi connectivity index (χ3v) is 7.26. The molecule has 0 aliphatic carbocycles. The lowest BCUT2D eigenvalue weighted by Gasteiger charge is -2.21. The number of primary amides is 1. The first-order chi connectivity index (χ1) is 12.4. The minimum absolute atomic E-state index is 0.0879. The molecule has 1 aromatic heterocycles. The molecule has 3 aromatic rings. The summed E-state index contributed by atoms with van der Waals surface area (Å²) in [6.07, 6.45) is 0.683. The molecule has 5 nitrogen and oxygen atoms in total. The number of carbonyl (C=O) groups is 1. The van der Waals surface area contributed by atoms with Crippen molar-refractivity contribution in [3.05, 3.63) is 58.7 Å². The number of benzene rings is 2. The SMILES string of the molecule is CCOP(=O)(c1ccccc1CC)c1c(C(N)=O)[nH]c2ccc(Cl)cc12. The van der Waals surface area contributed by atoms with Crippen LogP contribution in [0.2, 0.25) is 5.02 Å². The smallest absolute Gasteiger partial charge is 0.266 e. The summed E-state index contributed by atoms with van der Waals surface area (Å²) in [6.45, 7) is 3.98. The number of nitrogens with two attached hydrogens (primary N) is 1. The molecule has 0 spiro atoms. The molecule has 0 bridgehead atoms. The number of H-pyrrole nitrogens is 1. The zero-order chi connectivity index (χ0) is 18.9. The lowest BCUT2D eigenvalue weighted by Crippen LogP contribution is -2.27. The zero-order valence-corrected chi connectivity index (χ0v) is 16.2. The van der Waals surface area contributed by atoms with Crippen LogP contribution in [-0.2, 0) is 15.5 Å². The first-order valence-electron chi connectivity index (χ1n) is 8.37. The molecule has 26 heavy (non-hydrogen) atoms. The maximum atomic E-state index is 14.2. The second-order valence-electron chi connectivity index (χ2n) is 5.85. The van der Waals surface area contributed by atoms with Crippen LogP contribution in [0.15, 0.2) is 42.5 Å². The average molecular weight is 391 g/mol. The largest absolute Gasteiger partial charge is 0.364 e. The van der Waals surface area contributed by atoms with Crippen molar-refractivity contribution in [1.29, 1.82) is 0 Å². The summed E-state index contributed by atoms with van der Waals surface area (Å²) < 4.78 is 20.0. The molecule has 1 unspecified atom stereocenters. The van der Waals surface area contributed by atoms with E-state index in [-0.39, 0.29) is 17.6 Å². The number of amides is 1. The van der Waals surface area contributed by atoms with Crippen molar-refractivity contribution in [2.24, 2.45) is 5.73 Å². The van der Waals surface area contributed by atoms with Gasteiger partial charge in [-0.25, -0.2) is 0 Å². The van der Waals surface area contributed by atoms with Crippen LogP contribution in [-0.4, -0.2) is 17.5 Å². The molecule has 1 atom stereocenters. The number of halogens is 1. The van der Waals surface area contributed by atoms with Crippen molar-refractivity contribution < 1.29 is 13.9 Å². The molecule has 1 heterocycles. The second kappa shape index (κ2) is 7.28. The van der Waals surface area contributed by atoms with E-state index in [1.54, 1.807) is 31.2 Å². The van der Waals surface area contributed by atoms with Gasteiger partial charge in [0.25, 0.3) is 13.3 Å². The van der Waals surface area contributed by atoms with Gasteiger partial charge in [-0.05, 0) is 43.2 Å². The van der Waals surface area contributed by atoms with Crippen LogP contribution >= 0.6 is 19.0 Å². The summed E-state index contributed by atoms with van der Waals surface area (Å²) in [4.78, 5) is 15.1. The van der Waals surface area contributed by atoms with E-state index in [1.165, 1.54) is 0 Å². The lowest BCUT2D eigenvalue weighted by atomic mass is 10.2. The van der Waals surface area contributed by atoms with Gasteiger partial charge in [0.05, 0.1) is 11.9 Å². The van der Waals surface area contributed by atoms with Crippen molar-refractivity contribution in [2.45, 2.75) is 20.3 Å². The summed E-state index contributed by atoms with van der Waals surface area (Å²) in [6, 6.07) is 12.5. The van der Waals surface area contributed by atoms with Crippen LogP contribution in [0.1, 0.15) is 29.9 Å². The minimum Gasteiger partial charge on any atom is -0.364 e. The highest BCUT2D eigenvalue weighted by molar-refractivity contribution is 7.75. The quantitative estimate of drug-likeness (QED) is 0.628. The summed E-state index contributed by atoms with van der Waals surface area (Å²) >= 11 is 6.15. The Morgan fingerprint density at radius 3 is 2.62 bits per heavy atom. The van der Waals surface area contributed by atoms with Crippen molar-refractivity contribution in [1.82, 2.24) is 4.98 Å². The maximum absolute atomic E-state index is 14.2. The highest BCUT2D eigenvalue weighted by Crippen LogP contribution is 2.48. The van der Waals surface area contributed by atoms with Gasteiger partial charge in [0.2, 0.25) is 0 Å². The number of aromatic amines is 1. The van der Waals surface area contributed by atoms with Gasteiger partial charge in [-0.3, -0.25) is 9.36 Å². The van der Waals surface area contributed by atoms with Gasteiger partial charge in [0.15, 0.2) is 0 Å². The summed E-state index contributed by atoms with van der Waals surface area (Å²) in [5.41, 5.74) is 7.20. The lowest BCUT2D eigenvalue weighted by molar-refractivity contribution is 0.0997. The monoisotopic (exact) mass is 390 g/mol. The average Bonchev–Trinajstić information content (AvgIpc) is 3.01. The fourth-order valence-electron chi connectivity index (χ4n) is 3.17. The van der Waals surface area contributed by atoms with Gasteiger partial charge < -0.3 is 15.2 Å². The van der Waals surface area contributed by atoms with Gasteiger partial charge in [-0.1, -0.05) is 36.7 Å². The molecule has 136 valence electrons. The standard InChI is InChI=1S/C19H20ClN2O3P/c1-3-12-7-5-6-8-16(12)26(24,25-4-2)18-14-11-13(20)9-10-15(14)22-17(18)19(21)23/h5-11,22H,3-4H2,1-2H3,(H2,21,23). The Hall–Kier alpha value is -2.07. The minimum atomic E-state index is -3.58. The van der Waals surface area contributed by atoms with E-state index >= 15 is 0 Å². The number of hydrogen-bond acceptors (Lipinski definition) is 3. The molecule has 3 rings (SSSR count). The normalized spacial score (nSPS) is 13.7. The Bertz CT molecular complexity index is 1030. The molecule has 0 radical (unpaired) electrons. The van der Waals surface area contributed by atoms with Gasteiger partial charge in [-0.15, -0.1) is 0 Å². The van der Waals surface area contributed by atoms with Gasteiger partial charge in [-0.2, -0.15) is 0 Å². The summed E-state index contributed by atoms with van der Waals surface area (Å²) in [7, 11) is -3.58. The van der Waals surface area contributed by atoms with Gasteiger partial charge >= 0.3 is 0 Å². The third kappa shape index (κ3) is 3.07. The molecule has 0 fully saturated rings. The Labute approximate surface area is 156 Å². The van der Waals surface area contributed by atoms with E-state index in [0.29, 0.717) is 27.7 Å². The molecule has 0 aliphatic rings. The molecule has 0 saturated carbocycles. The number of fused-ring (bicyclic) bond motifs is 1. The van der Waals surface area contributed by atoms with Crippen molar-refractivity contribution in [3.8, 4) is 0 Å². The molecular weight excluding hydrogens is 371 g/mol. The first-order valence-corrected chi connectivity index (χ1v) is 10.4. The van der Waals surface area contributed by atoms with Crippen LogP contribution in [0.3, 0.4) is 0 Å². The Kier molecular flexibility index (Phi) is 5.24. The van der Waals surface area contributed by atoms with Crippen molar-refractivity contribution >= 4 is 46.4 Å². The molecular formula is C19H20ClN2O3P. The number of hydrogen-bond donors (Lipinski definition) is 2. The van der Waals surface area contributed by atoms with Gasteiger partial charge in [0, 0.05) is 21.2 Å². The predicted molar refractivity (Wildman–Crippen MR) is 106 cm³/mol. The zero-order valence-electron chi connectivity index (χ0n) is 14.6. The Balaban J connectivity index is 2.43. The van der Waals surface area contributed by atoms with Crippen LogP contribution < -0.4 is 16.3 Å². The Morgan fingerprint density at radius 2 is 1.96 bits per heavy atom. The highest BCUT2D eigenvalue weighted by atomic mass is 35.5. The van der Waals surface area contributed by atoms with Gasteiger partial charge in [0.1, 0.15) is 5.69 Å². The maximum Gasteiger partial charge on any atom is 0.266 e. The van der Waals surface area contributed by atoms with E-state index in [9.17, 15) is 9.36 Å². The highest BCUT2D eigenvalue weighted by Gasteiger charge is 2.37. The van der Waals surface area contributed by atoms with Crippen molar-refractivity contribution in [2.75, 3.05) is 6.61 Å². The fourth-order valence-corrected chi connectivity index (χ4v) is 6.07. The number of rotatable bonds is 6. The van der Waals surface area contributed by atoms with E-state index in [0.717, 1.165) is 5.56 Å². The van der Waals surface area contributed by atoms with E-state index in [2.05, 4.69) is 4.98 Å². The number of carbonyl (C=O) groups excluding carboxylic acids is 1. The van der Waals surface area contributed by atoms with Crippen LogP contribution in [0.4, 0.5) is 0 Å². The summed E-state index contributed by atoms with van der Waals surface area (Å²) in [5.74, 6) is -0.693. The fraction of sp³-hybridized carbons (Fsp3) is 0.211. The molecule has 3 N–H and O–H groups in total. The predicted octanol–water partition coefficient (Wildman–Crippen LogP) is 3.75.